The van der Waals surface area contributed by atoms with Crippen molar-refractivity contribution in [3.8, 4) is 0 Å². The molecule has 162 valence electrons. The van der Waals surface area contributed by atoms with Crippen LogP contribution in [0.4, 0.5) is 0 Å². The van der Waals surface area contributed by atoms with Crippen molar-refractivity contribution >= 4 is 5.97 Å². The van der Waals surface area contributed by atoms with Gasteiger partial charge in [0, 0.05) is 0 Å². The fourth-order valence-corrected chi connectivity index (χ4v) is 3.55. The molecule has 0 aromatic heterocycles. The number of carbonyl (C=O) groups excluding carboxylic acids is 1. The topological polar surface area (TPSA) is 44.8 Å². The molecule has 3 aromatic rings. The van der Waals surface area contributed by atoms with Gasteiger partial charge in [-0.3, -0.25) is 0 Å². The molecule has 0 saturated heterocycles. The van der Waals surface area contributed by atoms with Crippen molar-refractivity contribution in [3.63, 3.8) is 0 Å². The van der Waals surface area contributed by atoms with Crippen LogP contribution in [-0.2, 0) is 24.6 Å². The van der Waals surface area contributed by atoms with Gasteiger partial charge in [0.25, 0.3) is 0 Å². The first-order valence-corrected chi connectivity index (χ1v) is 10.5. The second kappa shape index (κ2) is 10.4. The summed E-state index contributed by atoms with van der Waals surface area (Å²) in [5.41, 5.74) is 1.76. The third-order valence-corrected chi connectivity index (χ3v) is 4.73. The van der Waals surface area contributed by atoms with Crippen molar-refractivity contribution in [1.29, 1.82) is 0 Å². The van der Waals surface area contributed by atoms with Crippen LogP contribution >= 0.6 is 0 Å². The van der Waals surface area contributed by atoms with Crippen LogP contribution in [0.3, 0.4) is 0 Å². The van der Waals surface area contributed by atoms with E-state index in [0.29, 0.717) is 6.61 Å². The van der Waals surface area contributed by atoms with Crippen LogP contribution < -0.4 is 0 Å². The lowest BCUT2D eigenvalue weighted by atomic mass is 9.80. The molecule has 0 aliphatic rings. The highest BCUT2D eigenvalue weighted by atomic mass is 16.6. The van der Waals surface area contributed by atoms with Crippen LogP contribution in [0.25, 0.3) is 0 Å². The van der Waals surface area contributed by atoms with Gasteiger partial charge >= 0.3 is 5.97 Å². The highest BCUT2D eigenvalue weighted by Gasteiger charge is 2.37. The minimum absolute atomic E-state index is 0.102. The molecule has 0 unspecified atom stereocenters. The highest BCUT2D eigenvalue weighted by Crippen LogP contribution is 2.40. The van der Waals surface area contributed by atoms with Crippen LogP contribution in [0.2, 0.25) is 0 Å². The quantitative estimate of drug-likeness (QED) is 0.267. The Morgan fingerprint density at radius 1 is 0.677 bits per heavy atom. The third-order valence-electron chi connectivity index (χ3n) is 4.73. The summed E-state index contributed by atoms with van der Waals surface area (Å²) in [6, 6.07) is 30.5. The standard InChI is InChI=1S/C27H30O4/c1-26(2,3)31-25(28)21-29-19-20-30-27(22-13-7-4-8-14-22,23-15-9-5-10-16-23)24-17-11-6-12-18-24/h4-18H,19-21H2,1-3H3. The molecule has 0 aliphatic carbocycles. The maximum atomic E-state index is 11.9. The van der Waals surface area contributed by atoms with E-state index in [4.69, 9.17) is 14.2 Å². The minimum atomic E-state index is -0.793. The van der Waals surface area contributed by atoms with E-state index >= 15 is 0 Å². The number of benzene rings is 3. The summed E-state index contributed by atoms with van der Waals surface area (Å²) in [6.07, 6.45) is 0. The van der Waals surface area contributed by atoms with E-state index < -0.39 is 11.2 Å². The van der Waals surface area contributed by atoms with Crippen LogP contribution in [0, 0.1) is 0 Å². The SMILES string of the molecule is CC(C)(C)OC(=O)COCCOC(c1ccccc1)(c1ccccc1)c1ccccc1. The Balaban J connectivity index is 1.83. The molecule has 0 spiro atoms. The predicted molar refractivity (Wildman–Crippen MR) is 122 cm³/mol. The van der Waals surface area contributed by atoms with Gasteiger partial charge in [0.05, 0.1) is 13.2 Å². The zero-order chi connectivity index (χ0) is 22.2. The maximum Gasteiger partial charge on any atom is 0.332 e. The Morgan fingerprint density at radius 3 is 1.48 bits per heavy atom. The summed E-state index contributed by atoms with van der Waals surface area (Å²) in [5, 5.41) is 0. The van der Waals surface area contributed by atoms with Crippen LogP contribution in [0.15, 0.2) is 91.0 Å². The highest BCUT2D eigenvalue weighted by molar-refractivity contribution is 5.71. The first-order valence-electron chi connectivity index (χ1n) is 10.5. The Hall–Kier alpha value is -2.95. The molecule has 31 heavy (non-hydrogen) atoms. The smallest absolute Gasteiger partial charge is 0.332 e. The van der Waals surface area contributed by atoms with Gasteiger partial charge in [-0.2, -0.15) is 0 Å². The molecule has 3 rings (SSSR count). The molecular weight excluding hydrogens is 388 g/mol. The maximum absolute atomic E-state index is 11.9. The average molecular weight is 419 g/mol. The summed E-state index contributed by atoms with van der Waals surface area (Å²) in [6.45, 7) is 5.98. The fourth-order valence-electron chi connectivity index (χ4n) is 3.55. The molecule has 0 saturated carbocycles. The van der Waals surface area contributed by atoms with E-state index in [-0.39, 0.29) is 19.2 Å². The lowest BCUT2D eigenvalue weighted by Crippen LogP contribution is -2.34. The van der Waals surface area contributed by atoms with Gasteiger partial charge in [-0.25, -0.2) is 4.79 Å². The van der Waals surface area contributed by atoms with Gasteiger partial charge < -0.3 is 14.2 Å². The number of ether oxygens (including phenoxy) is 3. The van der Waals surface area contributed by atoms with E-state index in [1.807, 2.05) is 75.4 Å². The molecule has 0 radical (unpaired) electrons. The largest absolute Gasteiger partial charge is 0.458 e. The van der Waals surface area contributed by atoms with Gasteiger partial charge in [0.2, 0.25) is 0 Å². The van der Waals surface area contributed by atoms with Gasteiger partial charge in [-0.15, -0.1) is 0 Å². The summed E-state index contributed by atoms with van der Waals surface area (Å²) < 4.78 is 17.4. The van der Waals surface area contributed by atoms with Gasteiger partial charge in [0.1, 0.15) is 17.8 Å². The van der Waals surface area contributed by atoms with Crippen LogP contribution in [-0.4, -0.2) is 31.4 Å². The Morgan fingerprint density at radius 2 is 1.10 bits per heavy atom. The van der Waals surface area contributed by atoms with Crippen LogP contribution in [0.5, 0.6) is 0 Å². The zero-order valence-corrected chi connectivity index (χ0v) is 18.4. The second-order valence-electron chi connectivity index (χ2n) is 8.27. The summed E-state index contributed by atoms with van der Waals surface area (Å²) >= 11 is 0. The zero-order valence-electron chi connectivity index (χ0n) is 18.4. The van der Waals surface area contributed by atoms with Crippen molar-refractivity contribution in [2.75, 3.05) is 19.8 Å². The van der Waals surface area contributed by atoms with E-state index in [1.54, 1.807) is 0 Å². The molecule has 4 heteroatoms. The molecule has 3 aromatic carbocycles. The molecule has 4 nitrogen and oxygen atoms in total. The predicted octanol–water partition coefficient (Wildman–Crippen LogP) is 5.35. The average Bonchev–Trinajstić information content (AvgIpc) is 2.77. The van der Waals surface area contributed by atoms with E-state index in [0.717, 1.165) is 16.7 Å². The molecule has 0 fully saturated rings. The van der Waals surface area contributed by atoms with Crippen molar-refractivity contribution in [2.24, 2.45) is 0 Å². The molecular formula is C27H30O4. The van der Waals surface area contributed by atoms with Gasteiger partial charge in [-0.05, 0) is 37.5 Å². The van der Waals surface area contributed by atoms with Crippen molar-refractivity contribution in [1.82, 2.24) is 0 Å². The molecule has 0 amide bonds. The normalized spacial score (nSPS) is 11.8. The number of hydrogen-bond donors (Lipinski definition) is 0. The molecule has 0 N–H and O–H groups in total. The van der Waals surface area contributed by atoms with Crippen molar-refractivity contribution < 1.29 is 19.0 Å². The van der Waals surface area contributed by atoms with E-state index in [1.165, 1.54) is 0 Å². The second-order valence-corrected chi connectivity index (χ2v) is 8.27. The van der Waals surface area contributed by atoms with Gasteiger partial charge in [0.15, 0.2) is 0 Å². The Kier molecular flexibility index (Phi) is 7.61. The molecule has 0 bridgehead atoms. The molecule has 0 atom stereocenters. The number of rotatable bonds is 9. The van der Waals surface area contributed by atoms with E-state index in [2.05, 4.69) is 36.4 Å². The molecule has 0 heterocycles. The monoisotopic (exact) mass is 418 g/mol. The van der Waals surface area contributed by atoms with Crippen molar-refractivity contribution in [2.45, 2.75) is 32.0 Å². The summed E-state index contributed by atoms with van der Waals surface area (Å²) in [5.74, 6) is -0.382. The number of hydrogen-bond acceptors (Lipinski definition) is 4. The van der Waals surface area contributed by atoms with Gasteiger partial charge in [-0.1, -0.05) is 91.0 Å². The third kappa shape index (κ3) is 6.03. The summed E-state index contributed by atoms with van der Waals surface area (Å²) in [7, 11) is 0. The van der Waals surface area contributed by atoms with E-state index in [9.17, 15) is 4.79 Å². The first kappa shape index (κ1) is 22.7. The van der Waals surface area contributed by atoms with Crippen molar-refractivity contribution in [3.05, 3.63) is 108 Å². The summed E-state index contributed by atoms with van der Waals surface area (Å²) in [4.78, 5) is 11.9. The number of esters is 1. The Labute approximate surface area is 184 Å². The molecule has 0 aliphatic heterocycles. The lowest BCUT2D eigenvalue weighted by molar-refractivity contribution is -0.161. The minimum Gasteiger partial charge on any atom is -0.458 e. The lowest BCUT2D eigenvalue weighted by Gasteiger charge is -2.36. The first-order chi connectivity index (χ1) is 14.9. The fraction of sp³-hybridized carbons (Fsp3) is 0.296. The van der Waals surface area contributed by atoms with Crippen LogP contribution in [0.1, 0.15) is 37.5 Å². The Bertz CT molecular complexity index is 835. The number of carbonyl (C=O) groups is 1.